The van der Waals surface area contributed by atoms with Gasteiger partial charge in [-0.05, 0) is 37.0 Å². The zero-order valence-electron chi connectivity index (χ0n) is 10.7. The smallest absolute Gasteiger partial charge is 0.337 e. The SMILES string of the molecule is CN(CC1CCCC1)c1cc(N)ccc1C(=O)O. The van der Waals surface area contributed by atoms with Gasteiger partial charge >= 0.3 is 5.97 Å². The standard InChI is InChI=1S/C14H20N2O2/c1-16(9-10-4-2-3-5-10)13-8-11(15)6-7-12(13)14(17)18/h6-8,10H,2-5,9,15H2,1H3,(H,17,18). The summed E-state index contributed by atoms with van der Waals surface area (Å²) < 4.78 is 0. The molecule has 0 bridgehead atoms. The molecule has 1 aliphatic rings. The number of nitrogens with zero attached hydrogens (tertiary/aromatic N) is 1. The summed E-state index contributed by atoms with van der Waals surface area (Å²) in [6, 6.07) is 4.97. The van der Waals surface area contributed by atoms with Gasteiger partial charge < -0.3 is 15.7 Å². The Morgan fingerprint density at radius 1 is 1.44 bits per heavy atom. The molecular weight excluding hydrogens is 228 g/mol. The number of anilines is 2. The van der Waals surface area contributed by atoms with Crippen LogP contribution in [0.3, 0.4) is 0 Å². The summed E-state index contributed by atoms with van der Waals surface area (Å²) in [7, 11) is 1.94. The summed E-state index contributed by atoms with van der Waals surface area (Å²) in [5.41, 5.74) is 7.40. The molecule has 0 saturated heterocycles. The summed E-state index contributed by atoms with van der Waals surface area (Å²) in [5.74, 6) is -0.221. The second-order valence-electron chi connectivity index (χ2n) is 5.11. The molecule has 0 heterocycles. The summed E-state index contributed by atoms with van der Waals surface area (Å²) in [6.07, 6.45) is 5.08. The van der Waals surface area contributed by atoms with E-state index in [-0.39, 0.29) is 0 Å². The van der Waals surface area contributed by atoms with Gasteiger partial charge in [-0.3, -0.25) is 0 Å². The molecule has 0 radical (unpaired) electrons. The molecule has 0 aliphatic heterocycles. The summed E-state index contributed by atoms with van der Waals surface area (Å²) in [4.78, 5) is 13.2. The number of carboxylic acid groups (broad SMARTS) is 1. The summed E-state index contributed by atoms with van der Waals surface area (Å²) in [5, 5.41) is 9.20. The maximum Gasteiger partial charge on any atom is 0.337 e. The predicted octanol–water partition coefficient (Wildman–Crippen LogP) is 2.59. The molecule has 1 aromatic carbocycles. The van der Waals surface area contributed by atoms with Crippen LogP contribution < -0.4 is 10.6 Å². The number of hydrogen-bond acceptors (Lipinski definition) is 3. The van der Waals surface area contributed by atoms with Crippen LogP contribution in [0, 0.1) is 5.92 Å². The largest absolute Gasteiger partial charge is 0.478 e. The Morgan fingerprint density at radius 2 is 2.11 bits per heavy atom. The van der Waals surface area contributed by atoms with E-state index in [1.807, 2.05) is 11.9 Å². The molecule has 1 saturated carbocycles. The summed E-state index contributed by atoms with van der Waals surface area (Å²) >= 11 is 0. The first-order chi connectivity index (χ1) is 8.58. The number of benzene rings is 1. The van der Waals surface area contributed by atoms with Crippen LogP contribution in [0.15, 0.2) is 18.2 Å². The molecule has 4 nitrogen and oxygen atoms in total. The lowest BCUT2D eigenvalue weighted by atomic mass is 10.1. The van der Waals surface area contributed by atoms with Crippen molar-refractivity contribution in [2.24, 2.45) is 5.92 Å². The van der Waals surface area contributed by atoms with Gasteiger partial charge in [-0.1, -0.05) is 12.8 Å². The molecule has 1 fully saturated rings. The average molecular weight is 248 g/mol. The molecule has 2 rings (SSSR count). The van der Waals surface area contributed by atoms with E-state index in [0.717, 1.165) is 12.2 Å². The summed E-state index contributed by atoms with van der Waals surface area (Å²) in [6.45, 7) is 0.906. The molecule has 98 valence electrons. The van der Waals surface area contributed by atoms with E-state index < -0.39 is 5.97 Å². The van der Waals surface area contributed by atoms with Crippen LogP contribution in [0.25, 0.3) is 0 Å². The lowest BCUT2D eigenvalue weighted by molar-refractivity contribution is 0.0697. The number of carboxylic acids is 1. The van der Waals surface area contributed by atoms with Gasteiger partial charge in [-0.2, -0.15) is 0 Å². The molecule has 0 amide bonds. The maximum absolute atomic E-state index is 11.2. The second kappa shape index (κ2) is 5.29. The Kier molecular flexibility index (Phi) is 3.75. The molecule has 0 unspecified atom stereocenters. The highest BCUT2D eigenvalue weighted by atomic mass is 16.4. The number of hydrogen-bond donors (Lipinski definition) is 2. The van der Waals surface area contributed by atoms with Crippen molar-refractivity contribution in [3.8, 4) is 0 Å². The molecule has 18 heavy (non-hydrogen) atoms. The Morgan fingerprint density at radius 3 is 2.72 bits per heavy atom. The van der Waals surface area contributed by atoms with Crippen molar-refractivity contribution in [3.05, 3.63) is 23.8 Å². The Labute approximate surface area is 107 Å². The quantitative estimate of drug-likeness (QED) is 0.804. The van der Waals surface area contributed by atoms with Crippen LogP contribution in [0.5, 0.6) is 0 Å². The molecule has 3 N–H and O–H groups in total. The first-order valence-corrected chi connectivity index (χ1v) is 6.42. The zero-order chi connectivity index (χ0) is 13.1. The first kappa shape index (κ1) is 12.7. The molecular formula is C14H20N2O2. The van der Waals surface area contributed by atoms with Crippen molar-refractivity contribution in [2.45, 2.75) is 25.7 Å². The second-order valence-corrected chi connectivity index (χ2v) is 5.11. The predicted molar refractivity (Wildman–Crippen MR) is 73.0 cm³/mol. The Balaban J connectivity index is 2.19. The van der Waals surface area contributed by atoms with E-state index in [0.29, 0.717) is 17.2 Å². The highest BCUT2D eigenvalue weighted by Crippen LogP contribution is 2.29. The number of aromatic carboxylic acids is 1. The van der Waals surface area contributed by atoms with Crippen molar-refractivity contribution < 1.29 is 9.90 Å². The molecule has 1 aliphatic carbocycles. The highest BCUT2D eigenvalue weighted by Gasteiger charge is 2.20. The Bertz CT molecular complexity index is 439. The third kappa shape index (κ3) is 2.75. The fraction of sp³-hybridized carbons (Fsp3) is 0.500. The van der Waals surface area contributed by atoms with Crippen molar-refractivity contribution in [3.63, 3.8) is 0 Å². The van der Waals surface area contributed by atoms with E-state index in [1.165, 1.54) is 25.7 Å². The monoisotopic (exact) mass is 248 g/mol. The van der Waals surface area contributed by atoms with Gasteiger partial charge in [0.15, 0.2) is 0 Å². The zero-order valence-corrected chi connectivity index (χ0v) is 10.7. The van der Waals surface area contributed by atoms with Gasteiger partial charge in [-0.15, -0.1) is 0 Å². The molecule has 1 aromatic rings. The molecule has 4 heteroatoms. The van der Waals surface area contributed by atoms with Gasteiger partial charge in [0.25, 0.3) is 0 Å². The fourth-order valence-electron chi connectivity index (χ4n) is 2.72. The maximum atomic E-state index is 11.2. The third-order valence-corrected chi connectivity index (χ3v) is 3.67. The van der Waals surface area contributed by atoms with Crippen LogP contribution in [0.1, 0.15) is 36.0 Å². The van der Waals surface area contributed by atoms with Crippen molar-refractivity contribution in [1.29, 1.82) is 0 Å². The van der Waals surface area contributed by atoms with E-state index in [2.05, 4.69) is 0 Å². The van der Waals surface area contributed by atoms with Gasteiger partial charge in [0.2, 0.25) is 0 Å². The van der Waals surface area contributed by atoms with Gasteiger partial charge in [0.05, 0.1) is 11.3 Å². The minimum Gasteiger partial charge on any atom is -0.478 e. The van der Waals surface area contributed by atoms with Gasteiger partial charge in [0.1, 0.15) is 0 Å². The fourth-order valence-corrected chi connectivity index (χ4v) is 2.72. The van der Waals surface area contributed by atoms with E-state index >= 15 is 0 Å². The number of rotatable bonds is 4. The molecule has 0 spiro atoms. The van der Waals surface area contributed by atoms with Crippen LogP contribution in [-0.4, -0.2) is 24.7 Å². The third-order valence-electron chi connectivity index (χ3n) is 3.67. The van der Waals surface area contributed by atoms with Crippen LogP contribution in [0.4, 0.5) is 11.4 Å². The molecule has 0 atom stereocenters. The van der Waals surface area contributed by atoms with Crippen molar-refractivity contribution >= 4 is 17.3 Å². The normalized spacial score (nSPS) is 15.8. The van der Waals surface area contributed by atoms with Gasteiger partial charge in [-0.25, -0.2) is 4.79 Å². The highest BCUT2D eigenvalue weighted by molar-refractivity contribution is 5.95. The lowest BCUT2D eigenvalue weighted by Gasteiger charge is -2.24. The van der Waals surface area contributed by atoms with Crippen LogP contribution >= 0.6 is 0 Å². The van der Waals surface area contributed by atoms with E-state index in [1.54, 1.807) is 18.2 Å². The number of carbonyl (C=O) groups is 1. The van der Waals surface area contributed by atoms with Crippen LogP contribution in [-0.2, 0) is 0 Å². The first-order valence-electron chi connectivity index (χ1n) is 6.42. The average Bonchev–Trinajstić information content (AvgIpc) is 2.81. The minimum atomic E-state index is -0.900. The number of nitrogen functional groups attached to an aromatic ring is 1. The topological polar surface area (TPSA) is 66.6 Å². The van der Waals surface area contributed by atoms with Crippen LogP contribution in [0.2, 0.25) is 0 Å². The lowest BCUT2D eigenvalue weighted by Crippen LogP contribution is -2.25. The van der Waals surface area contributed by atoms with E-state index in [4.69, 9.17) is 5.73 Å². The molecule has 0 aromatic heterocycles. The number of nitrogens with two attached hydrogens (primary N) is 1. The Hall–Kier alpha value is -1.71. The minimum absolute atomic E-state index is 0.324. The van der Waals surface area contributed by atoms with E-state index in [9.17, 15) is 9.90 Å². The van der Waals surface area contributed by atoms with Crippen molar-refractivity contribution in [1.82, 2.24) is 0 Å². The van der Waals surface area contributed by atoms with Crippen molar-refractivity contribution in [2.75, 3.05) is 24.2 Å². The van der Waals surface area contributed by atoms with Gasteiger partial charge in [0, 0.05) is 19.3 Å².